The summed E-state index contributed by atoms with van der Waals surface area (Å²) in [6, 6.07) is 8.27. The number of amides is 2. The van der Waals surface area contributed by atoms with E-state index in [-0.39, 0.29) is 30.4 Å². The summed E-state index contributed by atoms with van der Waals surface area (Å²) >= 11 is 0. The summed E-state index contributed by atoms with van der Waals surface area (Å²) in [6.45, 7) is 1.01. The predicted octanol–water partition coefficient (Wildman–Crippen LogP) is 1.90. The highest BCUT2D eigenvalue weighted by Gasteiger charge is 2.44. The summed E-state index contributed by atoms with van der Waals surface area (Å²) in [7, 11) is 0. The number of carbonyl (C=O) groups excluding carboxylic acids is 2. The van der Waals surface area contributed by atoms with E-state index in [1.807, 2.05) is 11.0 Å². The molecule has 4 heteroatoms. The molecule has 2 saturated heterocycles. The summed E-state index contributed by atoms with van der Waals surface area (Å²) in [5.74, 6) is 0.286. The predicted molar refractivity (Wildman–Crippen MR) is 78.6 cm³/mol. The lowest BCUT2D eigenvalue weighted by molar-refractivity contribution is -0.156. The lowest BCUT2D eigenvalue weighted by atomic mass is 9.86. The van der Waals surface area contributed by atoms with Gasteiger partial charge in [0.2, 0.25) is 11.8 Å². The van der Waals surface area contributed by atoms with Gasteiger partial charge in [0.1, 0.15) is 12.6 Å². The molecule has 0 N–H and O–H groups in total. The first-order valence-corrected chi connectivity index (χ1v) is 7.93. The van der Waals surface area contributed by atoms with Crippen molar-refractivity contribution in [2.75, 3.05) is 13.1 Å². The Bertz CT molecular complexity index is 598. The molecule has 2 heterocycles. The average molecular weight is 284 g/mol. The van der Waals surface area contributed by atoms with Crippen LogP contribution < -0.4 is 0 Å². The van der Waals surface area contributed by atoms with E-state index in [0.29, 0.717) is 0 Å². The molecule has 2 fully saturated rings. The number of hydrogen-bond acceptors (Lipinski definition) is 2. The lowest BCUT2D eigenvalue weighted by Crippen LogP contribution is -2.58. The Morgan fingerprint density at radius 2 is 1.76 bits per heavy atom. The van der Waals surface area contributed by atoms with Crippen LogP contribution in [-0.4, -0.2) is 40.7 Å². The van der Waals surface area contributed by atoms with E-state index in [1.165, 1.54) is 11.1 Å². The summed E-state index contributed by atoms with van der Waals surface area (Å²) < 4.78 is 0. The first-order chi connectivity index (χ1) is 10.3. The van der Waals surface area contributed by atoms with Gasteiger partial charge in [-0.2, -0.15) is 0 Å². The van der Waals surface area contributed by atoms with Crippen LogP contribution in [0.25, 0.3) is 0 Å². The molecule has 0 bridgehead atoms. The first-order valence-electron chi connectivity index (χ1n) is 7.93. The molecule has 0 radical (unpaired) electrons. The van der Waals surface area contributed by atoms with Crippen molar-refractivity contribution < 1.29 is 9.59 Å². The fourth-order valence-corrected chi connectivity index (χ4v) is 4.14. The highest BCUT2D eigenvalue weighted by Crippen LogP contribution is 2.37. The van der Waals surface area contributed by atoms with Gasteiger partial charge < -0.3 is 9.80 Å². The molecule has 4 rings (SSSR count). The molecule has 2 aliphatic heterocycles. The normalized spacial score (nSPS) is 28.6. The van der Waals surface area contributed by atoms with E-state index in [1.54, 1.807) is 4.90 Å². The van der Waals surface area contributed by atoms with Crippen LogP contribution in [0.3, 0.4) is 0 Å². The summed E-state index contributed by atoms with van der Waals surface area (Å²) in [4.78, 5) is 28.8. The van der Waals surface area contributed by atoms with Crippen LogP contribution in [-0.2, 0) is 16.0 Å². The standard InChI is InChI=1S/C17H20N2O2/c20-16-11-19(17(21)15-9-4-10-18(15)16)14-8-3-6-12-5-1-2-7-13(12)14/h1-2,5,7,14-15H,3-4,6,8-11H2. The molecule has 2 amide bonds. The Morgan fingerprint density at radius 3 is 2.67 bits per heavy atom. The van der Waals surface area contributed by atoms with Gasteiger partial charge in [-0.05, 0) is 43.2 Å². The third-order valence-electron chi connectivity index (χ3n) is 5.16. The van der Waals surface area contributed by atoms with Crippen LogP contribution in [0.4, 0.5) is 0 Å². The summed E-state index contributed by atoms with van der Waals surface area (Å²) in [6.07, 6.45) is 4.93. The molecule has 4 nitrogen and oxygen atoms in total. The van der Waals surface area contributed by atoms with Crippen molar-refractivity contribution in [3.8, 4) is 0 Å². The molecule has 2 unspecified atom stereocenters. The minimum atomic E-state index is -0.194. The van der Waals surface area contributed by atoms with Gasteiger partial charge in [-0.3, -0.25) is 9.59 Å². The van der Waals surface area contributed by atoms with E-state index in [2.05, 4.69) is 18.2 Å². The van der Waals surface area contributed by atoms with E-state index < -0.39 is 0 Å². The van der Waals surface area contributed by atoms with E-state index in [9.17, 15) is 9.59 Å². The number of rotatable bonds is 1. The zero-order valence-electron chi connectivity index (χ0n) is 12.1. The Balaban J connectivity index is 1.68. The van der Waals surface area contributed by atoms with Crippen LogP contribution >= 0.6 is 0 Å². The lowest BCUT2D eigenvalue weighted by Gasteiger charge is -2.42. The Kier molecular flexibility index (Phi) is 2.98. The Labute approximate surface area is 124 Å². The fraction of sp³-hybridized carbons (Fsp3) is 0.529. The number of piperazine rings is 1. The van der Waals surface area contributed by atoms with E-state index in [4.69, 9.17) is 0 Å². The molecule has 2 atom stereocenters. The van der Waals surface area contributed by atoms with E-state index >= 15 is 0 Å². The van der Waals surface area contributed by atoms with Gasteiger partial charge in [0.25, 0.3) is 0 Å². The van der Waals surface area contributed by atoms with Crippen molar-refractivity contribution in [3.63, 3.8) is 0 Å². The molecule has 110 valence electrons. The number of nitrogens with zero attached hydrogens (tertiary/aromatic N) is 2. The maximum Gasteiger partial charge on any atom is 0.246 e. The fourth-order valence-electron chi connectivity index (χ4n) is 4.14. The van der Waals surface area contributed by atoms with Gasteiger partial charge in [0.05, 0.1) is 6.04 Å². The molecular formula is C17H20N2O2. The second-order valence-electron chi connectivity index (χ2n) is 6.32. The van der Waals surface area contributed by atoms with Gasteiger partial charge >= 0.3 is 0 Å². The van der Waals surface area contributed by atoms with Crippen LogP contribution in [0.1, 0.15) is 42.9 Å². The molecule has 3 aliphatic rings. The van der Waals surface area contributed by atoms with Crippen molar-refractivity contribution >= 4 is 11.8 Å². The number of fused-ring (bicyclic) bond motifs is 2. The van der Waals surface area contributed by atoms with Crippen LogP contribution in [0.2, 0.25) is 0 Å². The minimum absolute atomic E-state index is 0.0918. The van der Waals surface area contributed by atoms with Gasteiger partial charge in [0.15, 0.2) is 0 Å². The molecule has 1 aliphatic carbocycles. The van der Waals surface area contributed by atoms with Crippen LogP contribution in [0.5, 0.6) is 0 Å². The molecule has 21 heavy (non-hydrogen) atoms. The van der Waals surface area contributed by atoms with Crippen molar-refractivity contribution in [2.45, 2.75) is 44.2 Å². The molecule has 1 aromatic carbocycles. The van der Waals surface area contributed by atoms with Crippen molar-refractivity contribution in [1.29, 1.82) is 0 Å². The first kappa shape index (κ1) is 12.9. The smallest absolute Gasteiger partial charge is 0.246 e. The highest BCUT2D eigenvalue weighted by molar-refractivity contribution is 5.95. The molecular weight excluding hydrogens is 264 g/mol. The van der Waals surface area contributed by atoms with Gasteiger partial charge in [-0.15, -0.1) is 0 Å². The SMILES string of the molecule is O=C1CN(C2CCCc3ccccc32)C(=O)C2CCCN12. The minimum Gasteiger partial charge on any atom is -0.329 e. The maximum atomic E-state index is 12.8. The third kappa shape index (κ3) is 1.96. The number of carbonyl (C=O) groups is 2. The third-order valence-corrected chi connectivity index (χ3v) is 5.16. The van der Waals surface area contributed by atoms with Crippen molar-refractivity contribution in [3.05, 3.63) is 35.4 Å². The largest absolute Gasteiger partial charge is 0.329 e. The molecule has 0 spiro atoms. The van der Waals surface area contributed by atoms with Crippen molar-refractivity contribution in [1.82, 2.24) is 9.80 Å². The van der Waals surface area contributed by atoms with Crippen LogP contribution in [0.15, 0.2) is 24.3 Å². The second-order valence-corrected chi connectivity index (χ2v) is 6.32. The average Bonchev–Trinajstić information content (AvgIpc) is 3.01. The highest BCUT2D eigenvalue weighted by atomic mass is 16.2. The zero-order valence-corrected chi connectivity index (χ0v) is 12.1. The maximum absolute atomic E-state index is 12.8. The Morgan fingerprint density at radius 1 is 0.952 bits per heavy atom. The monoisotopic (exact) mass is 284 g/mol. The van der Waals surface area contributed by atoms with Crippen molar-refractivity contribution in [2.24, 2.45) is 0 Å². The molecule has 1 aromatic rings. The topological polar surface area (TPSA) is 40.6 Å². The summed E-state index contributed by atoms with van der Waals surface area (Å²) in [5, 5.41) is 0. The molecule has 0 saturated carbocycles. The van der Waals surface area contributed by atoms with E-state index in [0.717, 1.165) is 38.6 Å². The molecule has 0 aromatic heterocycles. The zero-order chi connectivity index (χ0) is 14.4. The number of benzene rings is 1. The summed E-state index contributed by atoms with van der Waals surface area (Å²) in [5.41, 5.74) is 2.58. The van der Waals surface area contributed by atoms with Gasteiger partial charge in [-0.1, -0.05) is 24.3 Å². The van der Waals surface area contributed by atoms with Gasteiger partial charge in [0, 0.05) is 6.54 Å². The Hall–Kier alpha value is -1.84. The van der Waals surface area contributed by atoms with Crippen LogP contribution in [0, 0.1) is 0 Å². The quantitative estimate of drug-likeness (QED) is 0.790. The number of aryl methyl sites for hydroxylation is 1. The number of hydrogen-bond donors (Lipinski definition) is 0. The second kappa shape index (κ2) is 4.86. The van der Waals surface area contributed by atoms with Gasteiger partial charge in [-0.25, -0.2) is 0 Å².